The van der Waals surface area contributed by atoms with Crippen molar-refractivity contribution in [1.82, 2.24) is 14.9 Å². The summed E-state index contributed by atoms with van der Waals surface area (Å²) in [4.78, 5) is 22.9. The first-order valence-corrected chi connectivity index (χ1v) is 9.68. The van der Waals surface area contributed by atoms with E-state index >= 15 is 0 Å². The Labute approximate surface area is 149 Å². The van der Waals surface area contributed by atoms with Crippen LogP contribution in [0.15, 0.2) is 18.2 Å². The minimum absolute atomic E-state index is 0.0184. The predicted molar refractivity (Wildman–Crippen MR) is 99.3 cm³/mol. The molecule has 5 heteroatoms. The summed E-state index contributed by atoms with van der Waals surface area (Å²) in [6.07, 6.45) is 8.71. The second kappa shape index (κ2) is 6.45. The fraction of sp³-hybridized carbons (Fsp3) is 0.600. The van der Waals surface area contributed by atoms with Gasteiger partial charge in [-0.05, 0) is 50.3 Å². The highest BCUT2D eigenvalue weighted by Crippen LogP contribution is 2.50. The average Bonchev–Trinajstić information content (AvgIpc) is 3.15. The van der Waals surface area contributed by atoms with Crippen LogP contribution < -0.4 is 5.73 Å². The monoisotopic (exact) mass is 340 g/mol. The summed E-state index contributed by atoms with van der Waals surface area (Å²) in [5, 5.41) is 0. The van der Waals surface area contributed by atoms with Crippen molar-refractivity contribution in [3.8, 4) is 0 Å². The van der Waals surface area contributed by atoms with E-state index in [0.29, 0.717) is 5.56 Å². The van der Waals surface area contributed by atoms with E-state index in [4.69, 9.17) is 10.7 Å². The van der Waals surface area contributed by atoms with Gasteiger partial charge in [0.05, 0.1) is 16.6 Å². The van der Waals surface area contributed by atoms with Crippen molar-refractivity contribution in [2.24, 2.45) is 11.7 Å². The molecular weight excluding hydrogens is 312 g/mol. The maximum Gasteiger partial charge on any atom is 0.250 e. The van der Waals surface area contributed by atoms with E-state index < -0.39 is 5.91 Å². The fourth-order valence-corrected chi connectivity index (χ4v) is 4.97. The van der Waals surface area contributed by atoms with Gasteiger partial charge in [0.2, 0.25) is 0 Å². The Morgan fingerprint density at radius 1 is 1.44 bits per heavy atom. The summed E-state index contributed by atoms with van der Waals surface area (Å²) in [5.74, 6) is 1.41. The number of nitrogens with two attached hydrogens (primary N) is 1. The van der Waals surface area contributed by atoms with Crippen molar-refractivity contribution < 1.29 is 4.79 Å². The van der Waals surface area contributed by atoms with Crippen LogP contribution in [0.4, 0.5) is 0 Å². The number of primary amides is 1. The number of hydrogen-bond acceptors (Lipinski definition) is 3. The molecule has 2 fully saturated rings. The molecule has 1 saturated carbocycles. The summed E-state index contributed by atoms with van der Waals surface area (Å²) < 4.78 is 0. The van der Waals surface area contributed by atoms with Crippen LogP contribution in [0.5, 0.6) is 0 Å². The maximum absolute atomic E-state index is 11.8. The molecule has 2 bridgehead atoms. The van der Waals surface area contributed by atoms with E-state index in [2.05, 4.69) is 16.8 Å². The molecule has 25 heavy (non-hydrogen) atoms. The number of para-hydroxylation sites is 1. The molecule has 1 aliphatic heterocycles. The Kier molecular flexibility index (Phi) is 4.28. The highest BCUT2D eigenvalue weighted by molar-refractivity contribution is 6.04. The number of carbonyl (C=O) groups excluding carboxylic acids is 1. The summed E-state index contributed by atoms with van der Waals surface area (Å²) in [6.45, 7) is 4.58. The number of nitrogens with zero attached hydrogens (tertiary/aromatic N) is 2. The van der Waals surface area contributed by atoms with Gasteiger partial charge in [-0.2, -0.15) is 0 Å². The van der Waals surface area contributed by atoms with Crippen molar-refractivity contribution in [2.75, 3.05) is 13.1 Å². The number of benzene rings is 1. The molecule has 4 rings (SSSR count). The molecule has 2 heterocycles. The number of aromatic amines is 1. The third kappa shape index (κ3) is 2.74. The molecule has 1 aromatic heterocycles. The van der Waals surface area contributed by atoms with Crippen LogP contribution in [0.25, 0.3) is 11.0 Å². The number of H-pyrrole nitrogens is 1. The number of amides is 1. The van der Waals surface area contributed by atoms with Crippen LogP contribution in [0.1, 0.15) is 68.1 Å². The van der Waals surface area contributed by atoms with Gasteiger partial charge in [0.1, 0.15) is 11.3 Å². The summed E-state index contributed by atoms with van der Waals surface area (Å²) in [5.41, 5.74) is 7.72. The number of likely N-dealkylation sites (tertiary alicyclic amines) is 1. The smallest absolute Gasteiger partial charge is 0.250 e. The van der Waals surface area contributed by atoms with Gasteiger partial charge in [0.25, 0.3) is 5.91 Å². The zero-order valence-electron chi connectivity index (χ0n) is 15.1. The number of hydrogen-bond donors (Lipinski definition) is 2. The Balaban J connectivity index is 1.74. The lowest BCUT2D eigenvalue weighted by Gasteiger charge is -2.38. The lowest BCUT2D eigenvalue weighted by Crippen LogP contribution is -2.42. The van der Waals surface area contributed by atoms with Crippen LogP contribution in [-0.2, 0) is 5.54 Å². The van der Waals surface area contributed by atoms with Crippen molar-refractivity contribution in [2.45, 2.75) is 57.4 Å². The Morgan fingerprint density at radius 3 is 3.12 bits per heavy atom. The number of carbonyl (C=O) groups is 1. The summed E-state index contributed by atoms with van der Waals surface area (Å²) in [6, 6.07) is 5.63. The summed E-state index contributed by atoms with van der Waals surface area (Å²) >= 11 is 0. The minimum Gasteiger partial charge on any atom is -0.366 e. The van der Waals surface area contributed by atoms with Gasteiger partial charge < -0.3 is 10.7 Å². The lowest BCUT2D eigenvalue weighted by molar-refractivity contribution is 0.100. The predicted octanol–water partition coefficient (Wildman–Crippen LogP) is 3.55. The molecule has 1 aliphatic carbocycles. The highest BCUT2D eigenvalue weighted by Gasteiger charge is 2.50. The molecule has 2 atom stereocenters. The fourth-order valence-electron chi connectivity index (χ4n) is 4.97. The quantitative estimate of drug-likeness (QED) is 0.790. The maximum atomic E-state index is 11.8. The van der Waals surface area contributed by atoms with Gasteiger partial charge in [-0.3, -0.25) is 9.69 Å². The van der Waals surface area contributed by atoms with Gasteiger partial charge in [-0.25, -0.2) is 4.98 Å². The van der Waals surface area contributed by atoms with Gasteiger partial charge in [-0.1, -0.05) is 32.3 Å². The van der Waals surface area contributed by atoms with Gasteiger partial charge in [0, 0.05) is 6.54 Å². The van der Waals surface area contributed by atoms with Crippen molar-refractivity contribution in [3.05, 3.63) is 29.6 Å². The van der Waals surface area contributed by atoms with Gasteiger partial charge in [-0.15, -0.1) is 0 Å². The molecule has 1 saturated heterocycles. The molecule has 2 aliphatic rings. The van der Waals surface area contributed by atoms with Crippen LogP contribution in [0.2, 0.25) is 0 Å². The Bertz CT molecular complexity index is 783. The molecule has 3 N–H and O–H groups in total. The van der Waals surface area contributed by atoms with E-state index in [-0.39, 0.29) is 5.54 Å². The van der Waals surface area contributed by atoms with Crippen molar-refractivity contribution in [1.29, 1.82) is 0 Å². The second-order valence-corrected chi connectivity index (χ2v) is 7.80. The number of aromatic nitrogens is 2. The third-order valence-electron chi connectivity index (χ3n) is 6.16. The topological polar surface area (TPSA) is 75.0 Å². The molecule has 2 unspecified atom stereocenters. The number of nitrogens with one attached hydrogen (secondary N) is 1. The standard InChI is InChI=1S/C20H28N4O/c1-2-3-4-11-24-13-14-7-6-10-20(24,12-14)19-22-16-9-5-8-15(18(21)25)17(16)23-19/h5,8-9,14H,2-4,6-7,10-13H2,1H3,(H2,21,25)(H,22,23). The number of rotatable bonds is 6. The van der Waals surface area contributed by atoms with Crippen molar-refractivity contribution in [3.63, 3.8) is 0 Å². The van der Waals surface area contributed by atoms with Crippen molar-refractivity contribution >= 4 is 16.9 Å². The van der Waals surface area contributed by atoms with E-state index in [1.54, 1.807) is 6.07 Å². The third-order valence-corrected chi connectivity index (χ3v) is 6.16. The average molecular weight is 340 g/mol. The SMILES string of the molecule is CCCCCN1CC2CCCC1(c1nc3c(C(N)=O)cccc3[nH]1)C2. The Morgan fingerprint density at radius 2 is 2.32 bits per heavy atom. The molecule has 0 radical (unpaired) electrons. The van der Waals surface area contributed by atoms with E-state index in [1.807, 2.05) is 12.1 Å². The first-order chi connectivity index (χ1) is 12.1. The molecule has 1 aromatic carbocycles. The first kappa shape index (κ1) is 16.6. The highest BCUT2D eigenvalue weighted by atomic mass is 16.1. The number of imidazole rings is 1. The van der Waals surface area contributed by atoms with E-state index in [0.717, 1.165) is 35.7 Å². The largest absolute Gasteiger partial charge is 0.366 e. The van der Waals surface area contributed by atoms with E-state index in [9.17, 15) is 4.79 Å². The molecule has 1 amide bonds. The zero-order chi connectivity index (χ0) is 17.4. The first-order valence-electron chi connectivity index (χ1n) is 9.68. The second-order valence-electron chi connectivity index (χ2n) is 7.80. The molecule has 2 aromatic rings. The van der Waals surface area contributed by atoms with Gasteiger partial charge in [0.15, 0.2) is 0 Å². The van der Waals surface area contributed by atoms with Crippen LogP contribution in [0, 0.1) is 5.92 Å². The van der Waals surface area contributed by atoms with Crippen LogP contribution in [0.3, 0.4) is 0 Å². The molecule has 134 valence electrons. The zero-order valence-corrected chi connectivity index (χ0v) is 15.1. The van der Waals surface area contributed by atoms with Crippen LogP contribution >= 0.6 is 0 Å². The summed E-state index contributed by atoms with van der Waals surface area (Å²) in [7, 11) is 0. The van der Waals surface area contributed by atoms with Gasteiger partial charge >= 0.3 is 0 Å². The normalized spacial score (nSPS) is 26.4. The lowest BCUT2D eigenvalue weighted by atomic mass is 9.79. The van der Waals surface area contributed by atoms with E-state index in [1.165, 1.54) is 45.1 Å². The van der Waals surface area contributed by atoms with Crippen LogP contribution in [-0.4, -0.2) is 33.9 Å². The number of unbranched alkanes of at least 4 members (excludes halogenated alkanes) is 2. The molecular formula is C20H28N4O. The molecule has 0 spiro atoms. The minimum atomic E-state index is -0.408. The Hall–Kier alpha value is -1.88. The number of fused-ring (bicyclic) bond motifs is 3. The molecule has 5 nitrogen and oxygen atoms in total.